The van der Waals surface area contributed by atoms with Crippen molar-refractivity contribution in [1.29, 1.82) is 0 Å². The Labute approximate surface area is 169 Å². The van der Waals surface area contributed by atoms with Crippen molar-refractivity contribution in [2.75, 3.05) is 31.5 Å². The minimum absolute atomic E-state index is 0.291. The van der Waals surface area contributed by atoms with Gasteiger partial charge in [-0.1, -0.05) is 12.1 Å². The van der Waals surface area contributed by atoms with E-state index < -0.39 is 0 Å². The molecular weight excluding hydrogens is 370 g/mol. The SMILES string of the molecule is CCOc1ccccc1Nc1ccc(NC(=O)c2ccc(OC)c(OC)c2)nc1. The lowest BCUT2D eigenvalue weighted by atomic mass is 10.2. The lowest BCUT2D eigenvalue weighted by molar-refractivity contribution is 0.102. The van der Waals surface area contributed by atoms with Crippen LogP contribution in [0.3, 0.4) is 0 Å². The maximum atomic E-state index is 12.5. The zero-order chi connectivity index (χ0) is 20.6. The second kappa shape index (κ2) is 9.45. The Balaban J connectivity index is 1.69. The third kappa shape index (κ3) is 4.95. The fraction of sp³-hybridized carbons (Fsp3) is 0.182. The van der Waals surface area contributed by atoms with Gasteiger partial charge in [0.05, 0.1) is 38.4 Å². The first-order valence-corrected chi connectivity index (χ1v) is 9.13. The third-order valence-corrected chi connectivity index (χ3v) is 4.12. The summed E-state index contributed by atoms with van der Waals surface area (Å²) in [5.74, 6) is 1.96. The van der Waals surface area contributed by atoms with Crippen LogP contribution in [0.15, 0.2) is 60.8 Å². The summed E-state index contributed by atoms with van der Waals surface area (Å²) in [4.78, 5) is 16.8. The minimum Gasteiger partial charge on any atom is -0.493 e. The molecule has 3 rings (SSSR count). The van der Waals surface area contributed by atoms with Gasteiger partial charge in [0.1, 0.15) is 11.6 Å². The number of rotatable bonds is 8. The molecule has 7 nitrogen and oxygen atoms in total. The van der Waals surface area contributed by atoms with Crippen molar-refractivity contribution in [2.45, 2.75) is 6.92 Å². The molecule has 1 heterocycles. The molecule has 0 radical (unpaired) electrons. The highest BCUT2D eigenvalue weighted by Crippen LogP contribution is 2.29. The first kappa shape index (κ1) is 20.0. The van der Waals surface area contributed by atoms with E-state index in [1.54, 1.807) is 37.6 Å². The summed E-state index contributed by atoms with van der Waals surface area (Å²) in [6.45, 7) is 2.52. The van der Waals surface area contributed by atoms with Gasteiger partial charge in [-0.25, -0.2) is 4.98 Å². The molecule has 0 unspecified atom stereocenters. The second-order valence-corrected chi connectivity index (χ2v) is 6.01. The smallest absolute Gasteiger partial charge is 0.256 e. The average molecular weight is 393 g/mol. The molecule has 0 saturated carbocycles. The molecule has 7 heteroatoms. The molecule has 0 aliphatic carbocycles. The largest absolute Gasteiger partial charge is 0.493 e. The van der Waals surface area contributed by atoms with Crippen LogP contribution in [-0.4, -0.2) is 31.7 Å². The number of benzene rings is 2. The third-order valence-electron chi connectivity index (χ3n) is 4.12. The average Bonchev–Trinajstić information content (AvgIpc) is 2.76. The summed E-state index contributed by atoms with van der Waals surface area (Å²) >= 11 is 0. The molecular formula is C22H23N3O4. The van der Waals surface area contributed by atoms with Crippen LogP contribution in [0.25, 0.3) is 0 Å². The van der Waals surface area contributed by atoms with E-state index in [1.165, 1.54) is 7.11 Å². The van der Waals surface area contributed by atoms with Gasteiger partial charge >= 0.3 is 0 Å². The lowest BCUT2D eigenvalue weighted by Gasteiger charge is -2.12. The highest BCUT2D eigenvalue weighted by atomic mass is 16.5. The van der Waals surface area contributed by atoms with Crippen LogP contribution in [0.5, 0.6) is 17.2 Å². The number of hydrogen-bond donors (Lipinski definition) is 2. The number of amides is 1. The zero-order valence-corrected chi connectivity index (χ0v) is 16.6. The predicted octanol–water partition coefficient (Wildman–Crippen LogP) is 4.49. The summed E-state index contributed by atoms with van der Waals surface area (Å²) < 4.78 is 16.0. The Hall–Kier alpha value is -3.74. The molecule has 3 aromatic rings. The quantitative estimate of drug-likeness (QED) is 0.587. The normalized spacial score (nSPS) is 10.2. The summed E-state index contributed by atoms with van der Waals surface area (Å²) in [5.41, 5.74) is 2.07. The molecule has 1 amide bonds. The number of methoxy groups -OCH3 is 2. The molecule has 2 N–H and O–H groups in total. The van der Waals surface area contributed by atoms with Gasteiger partial charge < -0.3 is 24.8 Å². The highest BCUT2D eigenvalue weighted by molar-refractivity contribution is 6.04. The number of pyridine rings is 1. The minimum atomic E-state index is -0.291. The Bertz CT molecular complexity index is 974. The maximum Gasteiger partial charge on any atom is 0.256 e. The van der Waals surface area contributed by atoms with Crippen LogP contribution < -0.4 is 24.8 Å². The van der Waals surface area contributed by atoms with Crippen LogP contribution in [0.2, 0.25) is 0 Å². The van der Waals surface area contributed by atoms with E-state index in [1.807, 2.05) is 37.3 Å². The van der Waals surface area contributed by atoms with Gasteiger partial charge in [-0.3, -0.25) is 4.79 Å². The maximum absolute atomic E-state index is 12.5. The van der Waals surface area contributed by atoms with Gasteiger partial charge in [0.2, 0.25) is 0 Å². The summed E-state index contributed by atoms with van der Waals surface area (Å²) in [7, 11) is 3.07. The molecule has 0 aliphatic heterocycles. The zero-order valence-electron chi connectivity index (χ0n) is 16.6. The number of carbonyl (C=O) groups excluding carboxylic acids is 1. The first-order valence-electron chi connectivity index (χ1n) is 9.13. The van der Waals surface area contributed by atoms with E-state index in [2.05, 4.69) is 15.6 Å². The van der Waals surface area contributed by atoms with Gasteiger partial charge in [-0.2, -0.15) is 0 Å². The van der Waals surface area contributed by atoms with Crippen molar-refractivity contribution in [3.8, 4) is 17.2 Å². The van der Waals surface area contributed by atoms with Crippen molar-refractivity contribution >= 4 is 23.1 Å². The number of nitrogens with one attached hydrogen (secondary N) is 2. The monoisotopic (exact) mass is 393 g/mol. The summed E-state index contributed by atoms with van der Waals surface area (Å²) in [6.07, 6.45) is 1.65. The van der Waals surface area contributed by atoms with Gasteiger partial charge in [0, 0.05) is 5.56 Å². The Morgan fingerprint density at radius 3 is 2.45 bits per heavy atom. The lowest BCUT2D eigenvalue weighted by Crippen LogP contribution is -2.13. The molecule has 1 aromatic heterocycles. The molecule has 150 valence electrons. The molecule has 0 aliphatic rings. The summed E-state index contributed by atoms with van der Waals surface area (Å²) in [6, 6.07) is 16.2. The number of para-hydroxylation sites is 2. The van der Waals surface area contributed by atoms with Gasteiger partial charge in [0.25, 0.3) is 5.91 Å². The number of hydrogen-bond acceptors (Lipinski definition) is 6. The highest BCUT2D eigenvalue weighted by Gasteiger charge is 2.11. The summed E-state index contributed by atoms with van der Waals surface area (Å²) in [5, 5.41) is 6.04. The Kier molecular flexibility index (Phi) is 6.52. The predicted molar refractivity (Wildman–Crippen MR) is 113 cm³/mol. The van der Waals surface area contributed by atoms with Crippen molar-refractivity contribution in [3.05, 3.63) is 66.4 Å². The number of carbonyl (C=O) groups is 1. The van der Waals surface area contributed by atoms with E-state index >= 15 is 0 Å². The van der Waals surface area contributed by atoms with Crippen LogP contribution in [0, 0.1) is 0 Å². The Morgan fingerprint density at radius 2 is 1.76 bits per heavy atom. The van der Waals surface area contributed by atoms with Crippen molar-refractivity contribution < 1.29 is 19.0 Å². The topological polar surface area (TPSA) is 81.7 Å². The first-order chi connectivity index (χ1) is 14.1. The van der Waals surface area contributed by atoms with E-state index in [4.69, 9.17) is 14.2 Å². The van der Waals surface area contributed by atoms with Gasteiger partial charge in [0.15, 0.2) is 11.5 Å². The van der Waals surface area contributed by atoms with E-state index in [9.17, 15) is 4.79 Å². The fourth-order valence-corrected chi connectivity index (χ4v) is 2.71. The molecule has 0 atom stereocenters. The molecule has 0 saturated heterocycles. The van der Waals surface area contributed by atoms with Crippen molar-refractivity contribution in [2.24, 2.45) is 0 Å². The van der Waals surface area contributed by atoms with Crippen molar-refractivity contribution in [3.63, 3.8) is 0 Å². The Morgan fingerprint density at radius 1 is 0.966 bits per heavy atom. The number of aromatic nitrogens is 1. The molecule has 0 spiro atoms. The fourth-order valence-electron chi connectivity index (χ4n) is 2.71. The van der Waals surface area contributed by atoms with Crippen LogP contribution in [0.4, 0.5) is 17.2 Å². The number of ether oxygens (including phenoxy) is 3. The molecule has 0 fully saturated rings. The van der Waals surface area contributed by atoms with E-state index in [0.29, 0.717) is 29.5 Å². The van der Waals surface area contributed by atoms with Crippen molar-refractivity contribution in [1.82, 2.24) is 4.98 Å². The second-order valence-electron chi connectivity index (χ2n) is 6.01. The molecule has 2 aromatic carbocycles. The van der Waals surface area contributed by atoms with Crippen LogP contribution in [0.1, 0.15) is 17.3 Å². The number of nitrogens with zero attached hydrogens (tertiary/aromatic N) is 1. The number of anilines is 3. The van der Waals surface area contributed by atoms with Gasteiger partial charge in [-0.05, 0) is 49.4 Å². The van der Waals surface area contributed by atoms with E-state index in [-0.39, 0.29) is 5.91 Å². The van der Waals surface area contributed by atoms with Crippen LogP contribution in [-0.2, 0) is 0 Å². The van der Waals surface area contributed by atoms with E-state index in [0.717, 1.165) is 17.1 Å². The standard InChI is InChI=1S/C22H23N3O4/c1-4-29-18-8-6-5-7-17(18)24-16-10-12-21(23-14-16)25-22(26)15-9-11-19(27-2)20(13-15)28-3/h5-14,24H,4H2,1-3H3,(H,23,25,26). The van der Waals surface area contributed by atoms with Gasteiger partial charge in [-0.15, -0.1) is 0 Å². The molecule has 0 bridgehead atoms. The molecule has 29 heavy (non-hydrogen) atoms. The van der Waals surface area contributed by atoms with Crippen LogP contribution >= 0.6 is 0 Å².